The fourth-order valence-corrected chi connectivity index (χ4v) is 8.53. The molecular formula is C49H30BF20NO. The second-order valence-corrected chi connectivity index (χ2v) is 16.1. The summed E-state index contributed by atoms with van der Waals surface area (Å²) < 4.78 is 296. The number of unbranched alkanes of at least 4 members (excludes halogenated alkanes) is 5. The number of halogens is 20. The lowest BCUT2D eigenvalue weighted by Crippen LogP contribution is -2.81. The van der Waals surface area contributed by atoms with Crippen LogP contribution in [0.5, 0.6) is 0 Å². The number of carbonyl (C=O) groups is 1. The third-order valence-corrected chi connectivity index (χ3v) is 11.9. The summed E-state index contributed by atoms with van der Waals surface area (Å²) in [6.45, 7) is 2.65. The highest BCUT2D eigenvalue weighted by Gasteiger charge is 2.52. The molecule has 0 N–H and O–H groups in total. The molecule has 0 aliphatic heterocycles. The van der Waals surface area contributed by atoms with Gasteiger partial charge in [0.25, 0.3) is 0 Å². The van der Waals surface area contributed by atoms with Crippen LogP contribution in [0.2, 0.25) is 0 Å². The van der Waals surface area contributed by atoms with E-state index in [1.54, 1.807) is 0 Å². The van der Waals surface area contributed by atoms with Gasteiger partial charge in [-0.05, 0) is 18.6 Å². The van der Waals surface area contributed by atoms with Crippen molar-refractivity contribution in [2.45, 2.75) is 58.4 Å². The number of aromatic nitrogens is 1. The van der Waals surface area contributed by atoms with E-state index in [4.69, 9.17) is 0 Å². The summed E-state index contributed by atoms with van der Waals surface area (Å²) in [5.74, 6) is -71.2. The van der Waals surface area contributed by atoms with Crippen LogP contribution in [0.4, 0.5) is 87.8 Å². The van der Waals surface area contributed by atoms with Crippen LogP contribution in [0.3, 0.4) is 0 Å². The van der Waals surface area contributed by atoms with E-state index < -0.39 is 144 Å². The Morgan fingerprint density at radius 3 is 1.07 bits per heavy atom. The zero-order valence-corrected chi connectivity index (χ0v) is 36.5. The van der Waals surface area contributed by atoms with Crippen molar-refractivity contribution >= 4 is 44.7 Å². The van der Waals surface area contributed by atoms with Crippen molar-refractivity contribution in [2.24, 2.45) is 0 Å². The Labute approximate surface area is 394 Å². The highest BCUT2D eigenvalue weighted by molar-refractivity contribution is 7.20. The number of nitrogens with zero attached hydrogens (tertiary/aromatic N) is 1. The first-order valence-corrected chi connectivity index (χ1v) is 21.2. The van der Waals surface area contributed by atoms with Crippen LogP contribution < -0.4 is 26.4 Å². The third-order valence-electron chi connectivity index (χ3n) is 11.9. The van der Waals surface area contributed by atoms with E-state index in [0.29, 0.717) is 6.54 Å². The highest BCUT2D eigenvalue weighted by atomic mass is 19.2. The summed E-state index contributed by atoms with van der Waals surface area (Å²) in [6, 6.07) is 22.4. The monoisotopic (exact) mass is 1040 g/mol. The van der Waals surface area contributed by atoms with Crippen LogP contribution in [0.15, 0.2) is 66.7 Å². The van der Waals surface area contributed by atoms with Gasteiger partial charge in [-0.15, -0.1) is 21.9 Å². The van der Waals surface area contributed by atoms with Crippen LogP contribution in [0.25, 0.3) is 10.9 Å². The number of carbonyl (C=O) groups excluding carboxylic acids is 1. The van der Waals surface area contributed by atoms with Gasteiger partial charge in [-0.25, -0.2) is 87.8 Å². The summed E-state index contributed by atoms with van der Waals surface area (Å²) in [5.41, 5.74) is -11.1. The Morgan fingerprint density at radius 2 is 0.694 bits per heavy atom. The Bertz CT molecular complexity index is 2860. The summed E-state index contributed by atoms with van der Waals surface area (Å²) in [6.07, 6.45) is 1.52. The molecule has 72 heavy (non-hydrogen) atoms. The average Bonchev–Trinajstić information content (AvgIpc) is 3.38. The van der Waals surface area contributed by atoms with Crippen molar-refractivity contribution in [3.05, 3.63) is 194 Å². The van der Waals surface area contributed by atoms with Crippen LogP contribution >= 0.6 is 0 Å². The van der Waals surface area contributed by atoms with E-state index in [9.17, 15) is 57.5 Å². The molecule has 0 aliphatic rings. The minimum absolute atomic E-state index is 0.168. The highest BCUT2D eigenvalue weighted by Crippen LogP contribution is 2.31. The van der Waals surface area contributed by atoms with E-state index in [1.807, 2.05) is 30.3 Å². The number of para-hydroxylation sites is 1. The van der Waals surface area contributed by atoms with E-state index >= 15 is 35.1 Å². The van der Waals surface area contributed by atoms with E-state index in [2.05, 4.69) is 47.9 Å². The number of rotatable bonds is 14. The minimum Gasteiger partial charge on any atom is -0.287 e. The van der Waals surface area contributed by atoms with Crippen molar-refractivity contribution in [3.8, 4) is 0 Å². The van der Waals surface area contributed by atoms with Crippen LogP contribution in [-0.2, 0) is 13.0 Å². The number of pyridine rings is 1. The molecule has 2 nitrogen and oxygen atoms in total. The van der Waals surface area contributed by atoms with Gasteiger partial charge in [-0.2, -0.15) is 4.57 Å². The lowest BCUT2D eigenvalue weighted by atomic mass is 9.12. The molecule has 0 saturated heterocycles. The predicted molar refractivity (Wildman–Crippen MR) is 221 cm³/mol. The smallest absolute Gasteiger partial charge is 0.227 e. The number of fused-ring (bicyclic) bond motifs is 1. The molecule has 0 atom stereocenters. The van der Waals surface area contributed by atoms with Gasteiger partial charge in [0.1, 0.15) is 52.7 Å². The molecule has 1 heterocycles. The zero-order valence-electron chi connectivity index (χ0n) is 36.5. The van der Waals surface area contributed by atoms with E-state index in [0.717, 1.165) is 17.5 Å². The molecule has 0 fully saturated rings. The normalized spacial score (nSPS) is 11.6. The van der Waals surface area contributed by atoms with E-state index in [1.165, 1.54) is 49.6 Å². The minimum atomic E-state index is -7.22. The molecule has 380 valence electrons. The van der Waals surface area contributed by atoms with E-state index in [-0.39, 0.29) is 5.78 Å². The Kier molecular flexibility index (Phi) is 16.5. The molecule has 0 radical (unpaired) electrons. The molecule has 0 amide bonds. The summed E-state index contributed by atoms with van der Waals surface area (Å²) >= 11 is 0. The number of Topliss-reactive ketones (excluding diaryl/α,β-unsaturated/α-hetero) is 1. The maximum atomic E-state index is 15.4. The van der Waals surface area contributed by atoms with Gasteiger partial charge in [0.05, 0.1) is 0 Å². The fourth-order valence-electron chi connectivity index (χ4n) is 8.53. The van der Waals surface area contributed by atoms with Gasteiger partial charge in [-0.1, -0.05) is 81.5 Å². The summed E-state index contributed by atoms with van der Waals surface area (Å²) in [4.78, 5) is 12.8. The first kappa shape index (κ1) is 54.4. The first-order chi connectivity index (χ1) is 34.0. The topological polar surface area (TPSA) is 20.9 Å². The predicted octanol–water partition coefficient (Wildman–Crippen LogP) is 11.8. The maximum Gasteiger partial charge on any atom is 0.227 e. The number of hydrogen-bond donors (Lipinski definition) is 0. The molecular weight excluding hydrogens is 1010 g/mol. The lowest BCUT2D eigenvalue weighted by Gasteiger charge is -2.44. The Balaban J connectivity index is 0.000000266. The first-order valence-electron chi connectivity index (χ1n) is 21.2. The van der Waals surface area contributed by atoms with Crippen molar-refractivity contribution in [3.63, 3.8) is 0 Å². The summed E-state index contributed by atoms with van der Waals surface area (Å²) in [7, 11) is 0. The Morgan fingerprint density at radius 1 is 0.375 bits per heavy atom. The van der Waals surface area contributed by atoms with Crippen LogP contribution in [0, 0.1) is 116 Å². The average molecular weight is 1040 g/mol. The Hall–Kier alpha value is -6.94. The van der Waals surface area contributed by atoms with Gasteiger partial charge in [0.2, 0.25) is 17.8 Å². The van der Waals surface area contributed by atoms with Gasteiger partial charge < -0.3 is 0 Å². The number of hydrogen-bond acceptors (Lipinski definition) is 1. The van der Waals surface area contributed by atoms with Gasteiger partial charge in [0, 0.05) is 29.5 Å². The van der Waals surface area contributed by atoms with Crippen molar-refractivity contribution in [1.82, 2.24) is 0 Å². The van der Waals surface area contributed by atoms with Gasteiger partial charge >= 0.3 is 0 Å². The summed E-state index contributed by atoms with van der Waals surface area (Å²) in [5, 5.41) is 1.19. The number of benzene rings is 6. The lowest BCUT2D eigenvalue weighted by molar-refractivity contribution is -0.664. The van der Waals surface area contributed by atoms with Crippen LogP contribution in [-0.4, -0.2) is 11.9 Å². The number of ketones is 1. The second-order valence-electron chi connectivity index (χ2n) is 16.1. The fraction of sp³-hybridized carbons (Fsp3) is 0.184. The molecule has 7 rings (SSSR count). The SMILES string of the molecule is CCCCCCCCc1ccc2ccccc2[n+]1CC(=O)c1ccccc1.Fc1c(F)c(F)c([B-](c2c(F)c(F)c(F)c(F)c2F)(c2c(F)c(F)c(F)c(F)c2F)c2c(F)c(F)c(F)c(F)c2F)c(F)c1F. The number of aryl methyl sites for hydroxylation is 1. The van der Waals surface area contributed by atoms with Crippen molar-refractivity contribution < 1.29 is 97.2 Å². The van der Waals surface area contributed by atoms with Gasteiger partial charge in [-0.3, -0.25) is 4.79 Å². The van der Waals surface area contributed by atoms with Crippen molar-refractivity contribution in [2.75, 3.05) is 0 Å². The molecule has 1 aromatic heterocycles. The van der Waals surface area contributed by atoms with Crippen LogP contribution in [0.1, 0.15) is 61.5 Å². The molecule has 23 heteroatoms. The largest absolute Gasteiger partial charge is 0.287 e. The quantitative estimate of drug-likeness (QED) is 0.0202. The molecule has 0 saturated carbocycles. The third kappa shape index (κ3) is 9.36. The maximum absolute atomic E-state index is 15.4. The standard InChI is InChI=1S/C25H30NO.C24BF20/c1-2-3-4-5-6-10-16-23-19-18-21-13-11-12-17-24(21)26(23)20-25(27)22-14-8-7-9-15-22;26-5-1(6(27)14(35)21(42)13(5)34)25(2-7(28)15(36)22(43)16(37)8(2)29,3-9(30)17(38)23(44)18(39)10(3)31)4-11(32)19(40)24(45)20(41)12(4)33/h7-9,11-15,17-19H,2-6,10,16,20H2,1H3;/q+1;-1. The molecule has 0 spiro atoms. The molecule has 0 aliphatic carbocycles. The molecule has 7 aromatic rings. The molecule has 6 aromatic carbocycles. The second kappa shape index (κ2) is 21.8. The van der Waals surface area contributed by atoms with Gasteiger partial charge in [0.15, 0.2) is 75.5 Å². The zero-order chi connectivity index (χ0) is 53.3. The molecule has 0 bridgehead atoms. The van der Waals surface area contributed by atoms with Crippen molar-refractivity contribution in [1.29, 1.82) is 0 Å². The molecule has 0 unspecified atom stereocenters.